The van der Waals surface area contributed by atoms with Gasteiger partial charge in [0, 0.05) is 31.2 Å². The molecule has 0 aliphatic carbocycles. The van der Waals surface area contributed by atoms with Crippen LogP contribution in [0.3, 0.4) is 0 Å². The molecule has 0 amide bonds. The minimum absolute atomic E-state index is 0.714. The number of amidine groups is 1. The van der Waals surface area contributed by atoms with Crippen LogP contribution in [0.1, 0.15) is 30.5 Å². The highest BCUT2D eigenvalue weighted by Gasteiger charge is 2.22. The zero-order chi connectivity index (χ0) is 19.7. The number of hydrogen-bond donors (Lipinski definition) is 0. The fourth-order valence-electron chi connectivity index (χ4n) is 3.27. The largest absolute Gasteiger partial charge is 0.228 e. The molecule has 1 aliphatic rings. The fraction of sp³-hybridized carbons (Fsp3) is 0.0833. The molecular formula is C24H18Br2N2. The third kappa shape index (κ3) is 3.80. The SMILES string of the molecule is CC(C)=C1C(c2ccccc2)=NC(c2ccc(Br)cc2)=Nc2ccc(Br)cc21. The predicted molar refractivity (Wildman–Crippen MR) is 126 cm³/mol. The second kappa shape index (κ2) is 7.98. The van der Waals surface area contributed by atoms with E-state index in [0.717, 1.165) is 42.6 Å². The van der Waals surface area contributed by atoms with Crippen molar-refractivity contribution in [3.63, 3.8) is 0 Å². The van der Waals surface area contributed by atoms with Crippen molar-refractivity contribution in [3.8, 4) is 0 Å². The quantitative estimate of drug-likeness (QED) is 0.351. The molecule has 3 aromatic carbocycles. The minimum atomic E-state index is 0.714. The van der Waals surface area contributed by atoms with Crippen LogP contribution in [0.25, 0.3) is 5.57 Å². The summed E-state index contributed by atoms with van der Waals surface area (Å²) in [5.41, 5.74) is 7.35. The van der Waals surface area contributed by atoms with E-state index in [0.29, 0.717) is 5.84 Å². The van der Waals surface area contributed by atoms with Crippen LogP contribution >= 0.6 is 31.9 Å². The van der Waals surface area contributed by atoms with Gasteiger partial charge in [-0.3, -0.25) is 0 Å². The van der Waals surface area contributed by atoms with Gasteiger partial charge in [0.15, 0.2) is 5.84 Å². The minimum Gasteiger partial charge on any atom is -0.228 e. The van der Waals surface area contributed by atoms with Crippen molar-refractivity contribution in [1.29, 1.82) is 0 Å². The fourth-order valence-corrected chi connectivity index (χ4v) is 3.90. The zero-order valence-electron chi connectivity index (χ0n) is 15.6. The van der Waals surface area contributed by atoms with E-state index in [2.05, 4.69) is 63.9 Å². The van der Waals surface area contributed by atoms with E-state index in [-0.39, 0.29) is 0 Å². The number of rotatable bonds is 2. The van der Waals surface area contributed by atoms with E-state index < -0.39 is 0 Å². The number of allylic oxidation sites excluding steroid dienone is 2. The molecule has 0 radical (unpaired) electrons. The van der Waals surface area contributed by atoms with Crippen molar-refractivity contribution in [2.24, 2.45) is 9.98 Å². The number of hydrogen-bond acceptors (Lipinski definition) is 2. The van der Waals surface area contributed by atoms with Crippen LogP contribution in [0.4, 0.5) is 5.69 Å². The second-order valence-corrected chi connectivity index (χ2v) is 8.64. The van der Waals surface area contributed by atoms with Crippen LogP contribution in [0.5, 0.6) is 0 Å². The number of aliphatic imine (C=N–C) groups is 2. The van der Waals surface area contributed by atoms with Gasteiger partial charge in [-0.25, -0.2) is 9.98 Å². The summed E-state index contributed by atoms with van der Waals surface area (Å²) >= 11 is 7.13. The third-order valence-electron chi connectivity index (χ3n) is 4.56. The van der Waals surface area contributed by atoms with E-state index in [1.165, 1.54) is 5.57 Å². The Hall–Kier alpha value is -2.30. The van der Waals surface area contributed by atoms with Crippen LogP contribution in [-0.2, 0) is 0 Å². The zero-order valence-corrected chi connectivity index (χ0v) is 18.8. The average Bonchev–Trinajstić information content (AvgIpc) is 2.86. The van der Waals surface area contributed by atoms with Crippen molar-refractivity contribution in [3.05, 3.63) is 104 Å². The van der Waals surface area contributed by atoms with Gasteiger partial charge in [-0.2, -0.15) is 0 Å². The molecule has 0 atom stereocenters. The molecule has 1 aliphatic heterocycles. The first-order valence-corrected chi connectivity index (χ1v) is 10.6. The van der Waals surface area contributed by atoms with Gasteiger partial charge in [0.25, 0.3) is 0 Å². The van der Waals surface area contributed by atoms with E-state index in [1.54, 1.807) is 0 Å². The Morgan fingerprint density at radius 2 is 1.39 bits per heavy atom. The molecule has 1 heterocycles. The lowest BCUT2D eigenvalue weighted by Crippen LogP contribution is -2.08. The van der Waals surface area contributed by atoms with Crippen molar-refractivity contribution in [2.75, 3.05) is 0 Å². The van der Waals surface area contributed by atoms with Crippen molar-refractivity contribution >= 4 is 54.7 Å². The first kappa shape index (κ1) is 19.0. The lowest BCUT2D eigenvalue weighted by Gasteiger charge is -2.14. The smallest absolute Gasteiger partial charge is 0.160 e. The Morgan fingerprint density at radius 1 is 0.714 bits per heavy atom. The molecule has 28 heavy (non-hydrogen) atoms. The summed E-state index contributed by atoms with van der Waals surface area (Å²) in [6, 6.07) is 24.6. The molecule has 2 nitrogen and oxygen atoms in total. The first-order valence-electron chi connectivity index (χ1n) is 8.99. The summed E-state index contributed by atoms with van der Waals surface area (Å²) in [6.07, 6.45) is 0. The van der Waals surface area contributed by atoms with Crippen LogP contribution in [0.15, 0.2) is 97.3 Å². The van der Waals surface area contributed by atoms with Gasteiger partial charge in [0.2, 0.25) is 0 Å². The Labute approximate surface area is 182 Å². The highest BCUT2D eigenvalue weighted by Crippen LogP contribution is 2.36. The number of nitrogens with zero attached hydrogens (tertiary/aromatic N) is 2. The monoisotopic (exact) mass is 492 g/mol. The molecule has 0 fully saturated rings. The van der Waals surface area contributed by atoms with Crippen molar-refractivity contribution < 1.29 is 0 Å². The third-order valence-corrected chi connectivity index (χ3v) is 5.58. The number of fused-ring (bicyclic) bond motifs is 1. The first-order chi connectivity index (χ1) is 13.5. The van der Waals surface area contributed by atoms with E-state index >= 15 is 0 Å². The highest BCUT2D eigenvalue weighted by molar-refractivity contribution is 9.10. The van der Waals surface area contributed by atoms with E-state index in [4.69, 9.17) is 9.98 Å². The number of halogens is 2. The highest BCUT2D eigenvalue weighted by atomic mass is 79.9. The molecule has 0 aromatic heterocycles. The van der Waals surface area contributed by atoms with E-state index in [1.807, 2.05) is 54.6 Å². The maximum absolute atomic E-state index is 5.07. The Bertz CT molecular complexity index is 1120. The lowest BCUT2D eigenvalue weighted by molar-refractivity contribution is 1.39. The van der Waals surface area contributed by atoms with Gasteiger partial charge in [-0.15, -0.1) is 0 Å². The van der Waals surface area contributed by atoms with E-state index in [9.17, 15) is 0 Å². The molecule has 0 spiro atoms. The standard InChI is InChI=1S/C24H18Br2N2/c1-15(2)22-20-14-19(26)12-13-21(20)27-24(17-8-10-18(25)11-9-17)28-23(22)16-6-4-3-5-7-16/h3-14H,1-2H3. The summed E-state index contributed by atoms with van der Waals surface area (Å²) in [6.45, 7) is 4.26. The van der Waals surface area contributed by atoms with Gasteiger partial charge in [-0.1, -0.05) is 79.9 Å². The Morgan fingerprint density at radius 3 is 2.07 bits per heavy atom. The van der Waals surface area contributed by atoms with Crippen molar-refractivity contribution in [1.82, 2.24) is 0 Å². The van der Waals surface area contributed by atoms with Gasteiger partial charge >= 0.3 is 0 Å². The summed E-state index contributed by atoms with van der Waals surface area (Å²) in [5.74, 6) is 0.714. The van der Waals surface area contributed by atoms with Crippen molar-refractivity contribution in [2.45, 2.75) is 13.8 Å². The van der Waals surface area contributed by atoms with Crippen LogP contribution in [-0.4, -0.2) is 11.5 Å². The Kier molecular flexibility index (Phi) is 5.42. The summed E-state index contributed by atoms with van der Waals surface area (Å²) in [7, 11) is 0. The molecule has 4 heteroatoms. The molecule has 0 saturated heterocycles. The molecule has 138 valence electrons. The van der Waals surface area contributed by atoms with Crippen LogP contribution in [0, 0.1) is 0 Å². The normalized spacial score (nSPS) is 13.4. The van der Waals surface area contributed by atoms with Gasteiger partial charge in [0.1, 0.15) is 0 Å². The molecule has 0 bridgehead atoms. The predicted octanol–water partition coefficient (Wildman–Crippen LogP) is 7.59. The summed E-state index contributed by atoms with van der Waals surface area (Å²) in [4.78, 5) is 10.0. The lowest BCUT2D eigenvalue weighted by atomic mass is 9.91. The van der Waals surface area contributed by atoms with Crippen LogP contribution < -0.4 is 0 Å². The Balaban J connectivity index is 2.04. The van der Waals surface area contributed by atoms with Gasteiger partial charge in [0.05, 0.1) is 11.4 Å². The average molecular weight is 494 g/mol. The molecule has 0 saturated carbocycles. The molecular weight excluding hydrogens is 476 g/mol. The van der Waals surface area contributed by atoms with Gasteiger partial charge < -0.3 is 0 Å². The van der Waals surface area contributed by atoms with Crippen LogP contribution in [0.2, 0.25) is 0 Å². The molecule has 4 rings (SSSR count). The molecule has 0 unspecified atom stereocenters. The van der Waals surface area contributed by atoms with Gasteiger partial charge in [-0.05, 0) is 44.2 Å². The molecule has 0 N–H and O–H groups in total. The summed E-state index contributed by atoms with van der Waals surface area (Å²) in [5, 5.41) is 0. The molecule has 3 aromatic rings. The maximum atomic E-state index is 5.07. The maximum Gasteiger partial charge on any atom is 0.160 e. The topological polar surface area (TPSA) is 24.7 Å². The summed E-state index contributed by atoms with van der Waals surface area (Å²) < 4.78 is 2.06. The second-order valence-electron chi connectivity index (χ2n) is 6.81. The number of benzene rings is 3.